The van der Waals surface area contributed by atoms with Crippen LogP contribution in [-0.2, 0) is 0 Å². The van der Waals surface area contributed by atoms with E-state index in [1.165, 1.54) is 31.7 Å². The minimum atomic E-state index is 1.02. The lowest BCUT2D eigenvalue weighted by atomic mass is 9.92. The van der Waals surface area contributed by atoms with Gasteiger partial charge in [0.2, 0.25) is 0 Å². The third-order valence-corrected chi connectivity index (χ3v) is 2.40. The maximum Gasteiger partial charge on any atom is 0.283 e. The largest absolute Gasteiger partial charge is 0.283 e. The quantitative estimate of drug-likeness (QED) is 0.404. The highest BCUT2D eigenvalue weighted by atomic mass is 28.1. The minimum absolute atomic E-state index is 1.02. The van der Waals surface area contributed by atoms with Crippen molar-refractivity contribution in [3.63, 3.8) is 0 Å². The van der Waals surface area contributed by atoms with Crippen molar-refractivity contribution in [3.05, 3.63) is 12.2 Å². The standard InChI is InChI=1S/C8H15Si/c9-7-6-8-4-2-1-3-5-8/h1-2,8H,3-7,9H2/q+1. The van der Waals surface area contributed by atoms with Crippen LogP contribution in [0.5, 0.6) is 0 Å². The summed E-state index contributed by atoms with van der Waals surface area (Å²) in [6.45, 7) is 0. The van der Waals surface area contributed by atoms with Gasteiger partial charge in [-0.2, -0.15) is 0 Å². The predicted octanol–water partition coefficient (Wildman–Crippen LogP) is 1.78. The third-order valence-electron chi connectivity index (χ3n) is 1.99. The monoisotopic (exact) mass is 139 g/mol. The van der Waals surface area contributed by atoms with E-state index < -0.39 is 0 Å². The number of allylic oxidation sites excluding steroid dienone is 2. The lowest BCUT2D eigenvalue weighted by molar-refractivity contribution is 0.465. The molecule has 1 atom stereocenters. The smallest absolute Gasteiger partial charge is 0.0885 e. The van der Waals surface area contributed by atoms with E-state index in [-0.39, 0.29) is 0 Å². The molecule has 0 aliphatic heterocycles. The fourth-order valence-corrected chi connectivity index (χ4v) is 1.98. The van der Waals surface area contributed by atoms with Gasteiger partial charge in [0.25, 0.3) is 10.2 Å². The van der Waals surface area contributed by atoms with E-state index in [0.717, 1.165) is 5.92 Å². The first-order valence-electron chi connectivity index (χ1n) is 3.87. The zero-order chi connectivity index (χ0) is 6.53. The van der Waals surface area contributed by atoms with Crippen molar-refractivity contribution in [3.8, 4) is 0 Å². The van der Waals surface area contributed by atoms with E-state index in [1.807, 2.05) is 0 Å². The Morgan fingerprint density at radius 1 is 1.44 bits per heavy atom. The molecule has 0 N–H and O–H groups in total. The second-order valence-electron chi connectivity index (χ2n) is 2.79. The van der Waals surface area contributed by atoms with Crippen molar-refractivity contribution in [1.29, 1.82) is 0 Å². The summed E-state index contributed by atoms with van der Waals surface area (Å²) in [5, 5.41) is 0. The molecule has 9 heavy (non-hydrogen) atoms. The molecular formula is C8H15Si+. The molecular weight excluding hydrogens is 124 g/mol. The van der Waals surface area contributed by atoms with E-state index in [1.54, 1.807) is 0 Å². The molecule has 0 aromatic carbocycles. The lowest BCUT2D eigenvalue weighted by Gasteiger charge is -2.14. The van der Waals surface area contributed by atoms with Gasteiger partial charge in [-0.15, -0.1) is 0 Å². The number of hydrogen-bond donors (Lipinski definition) is 0. The molecule has 0 aromatic rings. The summed E-state index contributed by atoms with van der Waals surface area (Å²) in [6, 6.07) is 1.39. The van der Waals surface area contributed by atoms with Gasteiger partial charge < -0.3 is 0 Å². The zero-order valence-corrected chi connectivity index (χ0v) is 7.39. The normalized spacial score (nSPS) is 26.4. The van der Waals surface area contributed by atoms with Crippen LogP contribution in [0.2, 0.25) is 6.04 Å². The van der Waals surface area contributed by atoms with E-state index in [0.29, 0.717) is 0 Å². The fourth-order valence-electron chi connectivity index (χ4n) is 1.41. The first kappa shape index (κ1) is 7.07. The van der Waals surface area contributed by atoms with Crippen LogP contribution < -0.4 is 0 Å². The van der Waals surface area contributed by atoms with Crippen LogP contribution in [0.4, 0.5) is 0 Å². The molecule has 1 aliphatic carbocycles. The van der Waals surface area contributed by atoms with Gasteiger partial charge in [0.15, 0.2) is 0 Å². The highest BCUT2D eigenvalue weighted by molar-refractivity contribution is 6.08. The molecule has 0 saturated carbocycles. The molecule has 50 valence electrons. The maximum atomic E-state index is 2.34. The molecule has 0 fully saturated rings. The van der Waals surface area contributed by atoms with Gasteiger partial charge in [-0.05, 0) is 31.6 Å². The topological polar surface area (TPSA) is 0 Å². The van der Waals surface area contributed by atoms with Gasteiger partial charge in [0, 0.05) is 0 Å². The molecule has 0 amide bonds. The molecule has 0 saturated heterocycles. The summed E-state index contributed by atoms with van der Waals surface area (Å²) < 4.78 is 0. The number of rotatable bonds is 2. The molecule has 1 rings (SSSR count). The summed E-state index contributed by atoms with van der Waals surface area (Å²) in [5.41, 5.74) is 0. The lowest BCUT2D eigenvalue weighted by Crippen LogP contribution is -2.01. The Morgan fingerprint density at radius 3 is 2.89 bits per heavy atom. The molecule has 1 unspecified atom stereocenters. The Balaban J connectivity index is 2.18. The third kappa shape index (κ3) is 2.35. The summed E-state index contributed by atoms with van der Waals surface area (Å²) in [5.74, 6) is 1.02. The summed E-state index contributed by atoms with van der Waals surface area (Å²) in [7, 11) is 2.10. The minimum Gasteiger partial charge on any atom is -0.0885 e. The van der Waals surface area contributed by atoms with Gasteiger partial charge in [-0.25, -0.2) is 0 Å². The first-order chi connectivity index (χ1) is 4.43. The summed E-state index contributed by atoms with van der Waals surface area (Å²) in [4.78, 5) is 0. The van der Waals surface area contributed by atoms with Gasteiger partial charge >= 0.3 is 0 Å². The van der Waals surface area contributed by atoms with Crippen LogP contribution in [-0.4, -0.2) is 10.2 Å². The molecule has 0 bridgehead atoms. The Hall–Kier alpha value is -0.0431. The summed E-state index contributed by atoms with van der Waals surface area (Å²) >= 11 is 0. The highest BCUT2D eigenvalue weighted by Gasteiger charge is 2.08. The van der Waals surface area contributed by atoms with Gasteiger partial charge in [0.05, 0.1) is 6.04 Å². The SMILES string of the molecule is [SiH2+]CCC1CC=CCC1. The van der Waals surface area contributed by atoms with Crippen LogP contribution in [0.3, 0.4) is 0 Å². The zero-order valence-electron chi connectivity index (χ0n) is 5.97. The van der Waals surface area contributed by atoms with E-state index >= 15 is 0 Å². The Morgan fingerprint density at radius 2 is 2.33 bits per heavy atom. The van der Waals surface area contributed by atoms with E-state index in [4.69, 9.17) is 0 Å². The molecule has 0 heterocycles. The summed E-state index contributed by atoms with van der Waals surface area (Å²) in [6.07, 6.45) is 10.2. The van der Waals surface area contributed by atoms with Crippen molar-refractivity contribution >= 4 is 10.2 Å². The Bertz CT molecular complexity index is 96.7. The van der Waals surface area contributed by atoms with Crippen LogP contribution in [0.1, 0.15) is 25.7 Å². The average Bonchev–Trinajstić information content (AvgIpc) is 1.91. The first-order valence-corrected chi connectivity index (χ1v) is 4.87. The average molecular weight is 139 g/mol. The van der Waals surface area contributed by atoms with Crippen molar-refractivity contribution in [2.24, 2.45) is 5.92 Å². The van der Waals surface area contributed by atoms with E-state index in [9.17, 15) is 0 Å². The number of hydrogen-bond acceptors (Lipinski definition) is 0. The van der Waals surface area contributed by atoms with Crippen molar-refractivity contribution < 1.29 is 0 Å². The van der Waals surface area contributed by atoms with Crippen LogP contribution >= 0.6 is 0 Å². The fraction of sp³-hybridized carbons (Fsp3) is 0.750. The van der Waals surface area contributed by atoms with Crippen LogP contribution in [0, 0.1) is 5.92 Å². The Kier molecular flexibility index (Phi) is 3.05. The van der Waals surface area contributed by atoms with Crippen LogP contribution in [0.15, 0.2) is 12.2 Å². The second-order valence-corrected chi connectivity index (χ2v) is 3.50. The van der Waals surface area contributed by atoms with Crippen LogP contribution in [0.25, 0.3) is 0 Å². The van der Waals surface area contributed by atoms with Gasteiger partial charge in [-0.1, -0.05) is 12.2 Å². The molecule has 0 nitrogen and oxygen atoms in total. The van der Waals surface area contributed by atoms with Crippen molar-refractivity contribution in [1.82, 2.24) is 0 Å². The maximum absolute atomic E-state index is 2.34. The Labute approximate surface area is 60.8 Å². The van der Waals surface area contributed by atoms with Gasteiger partial charge in [-0.3, -0.25) is 0 Å². The van der Waals surface area contributed by atoms with Crippen molar-refractivity contribution in [2.45, 2.75) is 31.7 Å². The van der Waals surface area contributed by atoms with Crippen molar-refractivity contribution in [2.75, 3.05) is 0 Å². The van der Waals surface area contributed by atoms with E-state index in [2.05, 4.69) is 22.4 Å². The molecule has 0 aromatic heterocycles. The highest BCUT2D eigenvalue weighted by Crippen LogP contribution is 2.21. The predicted molar refractivity (Wildman–Crippen MR) is 44.4 cm³/mol. The molecule has 0 spiro atoms. The second kappa shape index (κ2) is 3.88. The molecule has 0 radical (unpaired) electrons. The molecule has 1 heteroatoms. The van der Waals surface area contributed by atoms with Gasteiger partial charge in [0.1, 0.15) is 0 Å². The molecule has 1 aliphatic rings.